The second kappa shape index (κ2) is 6.85. The smallest absolute Gasteiger partial charge is 0.380 e. The normalized spacial score (nSPS) is 18.7. The maximum absolute atomic E-state index is 12.6. The van der Waals surface area contributed by atoms with E-state index in [1.165, 1.54) is 6.07 Å². The number of ether oxygens (including phenoxy) is 1. The molecule has 0 aliphatic carbocycles. The molecule has 1 aromatic heterocycles. The molecule has 122 valence electrons. The molecule has 0 radical (unpaired) electrons. The number of hydrazine groups is 1. The molecular weight excluding hydrogens is 319 g/mol. The van der Waals surface area contributed by atoms with Gasteiger partial charge < -0.3 is 9.75 Å². The second-order valence-electron chi connectivity index (χ2n) is 5.16. The van der Waals surface area contributed by atoms with Gasteiger partial charge in [-0.15, -0.1) is 0 Å². The fraction of sp³-hybridized carbons (Fsp3) is 0.500. The Kier molecular flexibility index (Phi) is 5.31. The van der Waals surface area contributed by atoms with E-state index >= 15 is 0 Å². The molecule has 8 heteroatoms. The topological polar surface area (TPSA) is 37.4 Å². The third kappa shape index (κ3) is 4.12. The van der Waals surface area contributed by atoms with Crippen LogP contribution in [0.4, 0.5) is 13.2 Å². The lowest BCUT2D eigenvalue weighted by Gasteiger charge is -2.18. The van der Waals surface area contributed by atoms with E-state index in [-0.39, 0.29) is 0 Å². The number of alkyl halides is 3. The van der Waals surface area contributed by atoms with Crippen molar-refractivity contribution >= 4 is 11.6 Å². The summed E-state index contributed by atoms with van der Waals surface area (Å²) in [6.45, 7) is 3.71. The van der Waals surface area contributed by atoms with Crippen molar-refractivity contribution < 1.29 is 17.9 Å². The average molecular weight is 336 g/mol. The molecule has 1 atom stereocenters. The first-order valence-electron chi connectivity index (χ1n) is 6.73. The molecule has 1 aliphatic rings. The highest BCUT2D eigenvalue weighted by Gasteiger charge is 2.33. The maximum Gasteiger partial charge on any atom is 0.419 e. The standard InChI is InChI=1S/C14H17ClF3N3O/c1-9-6-21(7-10(9)8-22-2)19-5-11-3-4-12(13(15)20-11)14(16,17)18/h3-4,7,9,19H,5-6,8H2,1-2H3. The molecule has 4 nitrogen and oxygen atoms in total. The molecule has 0 aromatic carbocycles. The fourth-order valence-corrected chi connectivity index (χ4v) is 2.49. The monoisotopic (exact) mass is 335 g/mol. The van der Waals surface area contributed by atoms with Crippen molar-refractivity contribution in [1.82, 2.24) is 15.4 Å². The Labute approximate surface area is 131 Å². The van der Waals surface area contributed by atoms with E-state index in [2.05, 4.69) is 17.3 Å². The molecule has 0 bridgehead atoms. The number of aromatic nitrogens is 1. The molecule has 22 heavy (non-hydrogen) atoms. The predicted molar refractivity (Wildman–Crippen MR) is 76.9 cm³/mol. The quantitative estimate of drug-likeness (QED) is 0.838. The van der Waals surface area contributed by atoms with Gasteiger partial charge in [0.15, 0.2) is 0 Å². The third-order valence-corrected chi connectivity index (χ3v) is 3.70. The number of nitrogens with zero attached hydrogens (tertiary/aromatic N) is 2. The van der Waals surface area contributed by atoms with Crippen molar-refractivity contribution in [2.24, 2.45) is 5.92 Å². The van der Waals surface area contributed by atoms with Gasteiger partial charge in [0.25, 0.3) is 0 Å². The van der Waals surface area contributed by atoms with Crippen molar-refractivity contribution in [2.45, 2.75) is 19.6 Å². The summed E-state index contributed by atoms with van der Waals surface area (Å²) in [5.41, 5.74) is 3.78. The summed E-state index contributed by atoms with van der Waals surface area (Å²) >= 11 is 5.60. The van der Waals surface area contributed by atoms with Gasteiger partial charge in [-0.1, -0.05) is 18.5 Å². The molecule has 1 unspecified atom stereocenters. The number of hydrogen-bond acceptors (Lipinski definition) is 4. The first-order chi connectivity index (χ1) is 10.3. The highest BCUT2D eigenvalue weighted by Crippen LogP contribution is 2.33. The molecule has 0 fully saturated rings. The van der Waals surface area contributed by atoms with Crippen LogP contribution < -0.4 is 5.43 Å². The zero-order valence-electron chi connectivity index (χ0n) is 12.2. The Morgan fingerprint density at radius 3 is 2.77 bits per heavy atom. The molecule has 0 saturated heterocycles. The van der Waals surface area contributed by atoms with Crippen LogP contribution in [0.1, 0.15) is 18.2 Å². The van der Waals surface area contributed by atoms with Crippen molar-refractivity contribution in [1.29, 1.82) is 0 Å². The predicted octanol–water partition coefficient (Wildman–Crippen LogP) is 3.24. The van der Waals surface area contributed by atoms with Crippen LogP contribution in [0, 0.1) is 5.92 Å². The maximum atomic E-state index is 12.6. The van der Waals surface area contributed by atoms with Gasteiger partial charge in [-0.05, 0) is 17.7 Å². The number of nitrogens with one attached hydrogen (secondary N) is 1. The minimum absolute atomic E-state index is 0.293. The highest BCUT2D eigenvalue weighted by molar-refractivity contribution is 6.30. The molecule has 1 aromatic rings. The highest BCUT2D eigenvalue weighted by atomic mass is 35.5. The zero-order chi connectivity index (χ0) is 16.3. The lowest BCUT2D eigenvalue weighted by molar-refractivity contribution is -0.137. The summed E-state index contributed by atoms with van der Waals surface area (Å²) in [5, 5.41) is 1.35. The lowest BCUT2D eigenvalue weighted by atomic mass is 10.1. The van der Waals surface area contributed by atoms with Crippen LogP contribution in [0.3, 0.4) is 0 Å². The van der Waals surface area contributed by atoms with Crippen LogP contribution in [0.15, 0.2) is 23.9 Å². The molecule has 1 aliphatic heterocycles. The van der Waals surface area contributed by atoms with Crippen LogP contribution in [0.5, 0.6) is 0 Å². The summed E-state index contributed by atoms with van der Waals surface area (Å²) in [4.78, 5) is 3.79. The number of hydrogen-bond donors (Lipinski definition) is 1. The van der Waals surface area contributed by atoms with E-state index in [1.807, 2.05) is 11.2 Å². The van der Waals surface area contributed by atoms with Crippen molar-refractivity contribution in [2.75, 3.05) is 20.3 Å². The SMILES string of the molecule is COCC1=CN(NCc2ccc(C(F)(F)F)c(Cl)n2)CC1C. The zero-order valence-corrected chi connectivity index (χ0v) is 13.0. The first kappa shape index (κ1) is 17.1. The molecular formula is C14H17ClF3N3O. The molecule has 0 saturated carbocycles. The van der Waals surface area contributed by atoms with Gasteiger partial charge in [-0.25, -0.2) is 10.4 Å². The second-order valence-corrected chi connectivity index (χ2v) is 5.52. The number of pyridine rings is 1. The molecule has 2 heterocycles. The molecule has 0 spiro atoms. The van der Waals surface area contributed by atoms with Gasteiger partial charge in [-0.3, -0.25) is 0 Å². The van der Waals surface area contributed by atoms with Crippen LogP contribution in [0.25, 0.3) is 0 Å². The number of methoxy groups -OCH3 is 1. The van der Waals surface area contributed by atoms with Gasteiger partial charge in [0.1, 0.15) is 5.15 Å². The molecule has 2 rings (SSSR count). The van der Waals surface area contributed by atoms with E-state index in [1.54, 1.807) is 7.11 Å². The van der Waals surface area contributed by atoms with Gasteiger partial charge in [-0.2, -0.15) is 13.2 Å². The summed E-state index contributed by atoms with van der Waals surface area (Å²) < 4.78 is 42.9. The van der Waals surface area contributed by atoms with Crippen molar-refractivity contribution in [3.8, 4) is 0 Å². The van der Waals surface area contributed by atoms with Crippen LogP contribution in [-0.2, 0) is 17.5 Å². The minimum atomic E-state index is -4.49. The average Bonchev–Trinajstić information content (AvgIpc) is 2.76. The summed E-state index contributed by atoms with van der Waals surface area (Å²) in [6, 6.07) is 2.27. The van der Waals surface area contributed by atoms with Crippen LogP contribution >= 0.6 is 11.6 Å². The van der Waals surface area contributed by atoms with E-state index in [0.29, 0.717) is 24.8 Å². The van der Waals surface area contributed by atoms with E-state index in [4.69, 9.17) is 16.3 Å². The van der Waals surface area contributed by atoms with E-state index < -0.39 is 16.9 Å². The number of halogens is 4. The first-order valence-corrected chi connectivity index (χ1v) is 7.11. The van der Waals surface area contributed by atoms with E-state index in [0.717, 1.165) is 18.2 Å². The molecule has 1 N–H and O–H groups in total. The Bertz CT molecular complexity index is 563. The summed E-state index contributed by atoms with van der Waals surface area (Å²) in [7, 11) is 1.64. The van der Waals surface area contributed by atoms with Gasteiger partial charge in [0.2, 0.25) is 0 Å². The van der Waals surface area contributed by atoms with Crippen LogP contribution in [0.2, 0.25) is 5.15 Å². The Morgan fingerprint density at radius 2 is 2.18 bits per heavy atom. The lowest BCUT2D eigenvalue weighted by Crippen LogP contribution is -2.32. The van der Waals surface area contributed by atoms with Gasteiger partial charge in [0, 0.05) is 25.8 Å². The van der Waals surface area contributed by atoms with Crippen LogP contribution in [-0.4, -0.2) is 30.3 Å². The van der Waals surface area contributed by atoms with Gasteiger partial charge >= 0.3 is 6.18 Å². The Morgan fingerprint density at radius 1 is 1.45 bits per heavy atom. The van der Waals surface area contributed by atoms with E-state index in [9.17, 15) is 13.2 Å². The third-order valence-electron chi connectivity index (χ3n) is 3.41. The summed E-state index contributed by atoms with van der Waals surface area (Å²) in [5.74, 6) is 0.358. The minimum Gasteiger partial charge on any atom is -0.380 e. The van der Waals surface area contributed by atoms with Gasteiger partial charge in [0.05, 0.1) is 24.4 Å². The Hall–Kier alpha value is -1.31. The molecule has 0 amide bonds. The Balaban J connectivity index is 1.97. The van der Waals surface area contributed by atoms with Crippen molar-refractivity contribution in [3.05, 3.63) is 40.3 Å². The fourth-order valence-electron chi connectivity index (χ4n) is 2.21. The largest absolute Gasteiger partial charge is 0.419 e. The number of rotatable bonds is 5. The summed E-state index contributed by atoms with van der Waals surface area (Å²) in [6.07, 6.45) is -2.54. The van der Waals surface area contributed by atoms with Crippen molar-refractivity contribution in [3.63, 3.8) is 0 Å².